The summed E-state index contributed by atoms with van der Waals surface area (Å²) < 4.78 is 30.3. The Bertz CT molecular complexity index is 1020. The normalized spacial score (nSPS) is 10.7. The van der Waals surface area contributed by atoms with Gasteiger partial charge in [0.2, 0.25) is 0 Å². The van der Waals surface area contributed by atoms with Gasteiger partial charge in [-0.05, 0) is 53.4 Å². The smallest absolute Gasteiger partial charge is 0.387 e. The minimum absolute atomic E-state index is 0.0770. The van der Waals surface area contributed by atoms with E-state index < -0.39 is 12.6 Å². The van der Waals surface area contributed by atoms with Crippen molar-refractivity contribution in [2.75, 3.05) is 0 Å². The van der Waals surface area contributed by atoms with Gasteiger partial charge in [0.1, 0.15) is 5.75 Å². The number of aromatic nitrogens is 1. The van der Waals surface area contributed by atoms with Gasteiger partial charge in [-0.15, -0.1) is 0 Å². The molecule has 0 saturated carbocycles. The first-order chi connectivity index (χ1) is 14.4. The quantitative estimate of drug-likeness (QED) is 0.463. The third-order valence-electron chi connectivity index (χ3n) is 4.21. The number of ether oxygens (including phenoxy) is 1. The Morgan fingerprint density at radius 3 is 2.57 bits per heavy atom. The number of amides is 2. The van der Waals surface area contributed by atoms with Gasteiger partial charge in [0.05, 0.1) is 12.2 Å². The fourth-order valence-electron chi connectivity index (χ4n) is 2.87. The van der Waals surface area contributed by atoms with E-state index in [1.54, 1.807) is 48.7 Å². The van der Waals surface area contributed by atoms with Crippen LogP contribution in [0, 0.1) is 0 Å². The first kappa shape index (κ1) is 21.8. The summed E-state index contributed by atoms with van der Waals surface area (Å²) in [4.78, 5) is 17.4. The molecule has 0 unspecified atom stereocenters. The van der Waals surface area contributed by atoms with Gasteiger partial charge in [0, 0.05) is 28.6 Å². The average molecular weight is 452 g/mol. The zero-order valence-electron chi connectivity index (χ0n) is 15.5. The van der Waals surface area contributed by atoms with Crippen molar-refractivity contribution in [3.8, 4) is 16.9 Å². The third kappa shape index (κ3) is 6.05. The summed E-state index contributed by atoms with van der Waals surface area (Å²) in [6, 6.07) is 15.1. The summed E-state index contributed by atoms with van der Waals surface area (Å²) in [5, 5.41) is 3.04. The highest BCUT2D eigenvalue weighted by Gasteiger charge is 2.13. The van der Waals surface area contributed by atoms with Gasteiger partial charge < -0.3 is 10.1 Å². The van der Waals surface area contributed by atoms with Crippen molar-refractivity contribution in [1.82, 2.24) is 15.1 Å². The van der Waals surface area contributed by atoms with Crippen LogP contribution in [0.15, 0.2) is 60.8 Å². The predicted octanol–water partition coefficient (Wildman–Crippen LogP) is 5.55. The van der Waals surface area contributed by atoms with Gasteiger partial charge in [-0.3, -0.25) is 4.98 Å². The lowest BCUT2D eigenvalue weighted by Gasteiger charge is -2.13. The molecule has 0 aliphatic rings. The summed E-state index contributed by atoms with van der Waals surface area (Å²) in [5.74, 6) is 0.0770. The molecule has 0 saturated heterocycles. The summed E-state index contributed by atoms with van der Waals surface area (Å²) in [6.07, 6.45) is 2.23. The largest absolute Gasteiger partial charge is 0.434 e. The van der Waals surface area contributed by atoms with Crippen LogP contribution in [0.1, 0.15) is 16.8 Å². The molecule has 2 amide bonds. The molecule has 2 aromatic carbocycles. The van der Waals surface area contributed by atoms with Crippen LogP contribution in [0.2, 0.25) is 5.02 Å². The summed E-state index contributed by atoms with van der Waals surface area (Å²) in [6.45, 7) is -2.70. The fourth-order valence-corrected chi connectivity index (χ4v) is 3.13. The van der Waals surface area contributed by atoms with Crippen molar-refractivity contribution < 1.29 is 18.3 Å². The van der Waals surface area contributed by atoms with Crippen molar-refractivity contribution >= 4 is 29.4 Å². The van der Waals surface area contributed by atoms with Gasteiger partial charge in [-0.25, -0.2) is 9.63 Å². The molecule has 1 aromatic heterocycles. The van der Waals surface area contributed by atoms with E-state index in [0.29, 0.717) is 28.3 Å². The van der Waals surface area contributed by atoms with Gasteiger partial charge in [-0.1, -0.05) is 35.9 Å². The number of carbonyl (C=O) groups is 1. The summed E-state index contributed by atoms with van der Waals surface area (Å²) in [7, 11) is 0. The maximum absolute atomic E-state index is 12.8. The number of nitrogens with one attached hydrogen (secondary N) is 2. The second kappa shape index (κ2) is 10.2. The van der Waals surface area contributed by atoms with Gasteiger partial charge in [0.25, 0.3) is 0 Å². The third-order valence-corrected chi connectivity index (χ3v) is 4.61. The number of hydrogen-bond donors (Lipinski definition) is 2. The lowest BCUT2D eigenvalue weighted by Crippen LogP contribution is -2.29. The Morgan fingerprint density at radius 2 is 1.90 bits per heavy atom. The lowest BCUT2D eigenvalue weighted by atomic mass is 9.98. The molecule has 9 heteroatoms. The minimum Gasteiger partial charge on any atom is -0.434 e. The summed E-state index contributed by atoms with van der Waals surface area (Å²) in [5.41, 5.74) is 3.67. The summed E-state index contributed by atoms with van der Waals surface area (Å²) >= 11 is 11.3. The van der Waals surface area contributed by atoms with E-state index in [9.17, 15) is 13.6 Å². The first-order valence-corrected chi connectivity index (χ1v) is 9.62. The van der Waals surface area contributed by atoms with E-state index >= 15 is 0 Å². The van der Waals surface area contributed by atoms with Crippen molar-refractivity contribution in [2.45, 2.75) is 19.6 Å². The Balaban J connectivity index is 1.81. The highest BCUT2D eigenvalue weighted by Crippen LogP contribution is 2.34. The Labute approximate surface area is 182 Å². The monoisotopic (exact) mass is 451 g/mol. The number of urea groups is 1. The van der Waals surface area contributed by atoms with E-state index in [1.165, 1.54) is 6.07 Å². The van der Waals surface area contributed by atoms with Crippen LogP contribution in [-0.2, 0) is 13.0 Å². The zero-order valence-corrected chi connectivity index (χ0v) is 17.1. The number of nitrogens with zero attached hydrogens (tertiary/aromatic N) is 1. The van der Waals surface area contributed by atoms with Crippen LogP contribution in [-0.4, -0.2) is 17.6 Å². The van der Waals surface area contributed by atoms with Crippen molar-refractivity contribution in [3.05, 3.63) is 82.6 Å². The first-order valence-electron chi connectivity index (χ1n) is 8.86. The Kier molecular flexibility index (Phi) is 7.43. The minimum atomic E-state index is -2.93. The molecule has 0 fully saturated rings. The molecule has 156 valence electrons. The second-order valence-corrected chi connectivity index (χ2v) is 6.96. The predicted molar refractivity (Wildman–Crippen MR) is 112 cm³/mol. The van der Waals surface area contributed by atoms with Crippen LogP contribution in [0.3, 0.4) is 0 Å². The molecule has 0 aliphatic carbocycles. The molecule has 3 rings (SSSR count). The van der Waals surface area contributed by atoms with Crippen molar-refractivity contribution in [1.29, 1.82) is 0 Å². The number of pyridine rings is 1. The molecule has 0 atom stereocenters. The highest BCUT2D eigenvalue weighted by atomic mass is 35.5. The molecule has 3 aromatic rings. The second-order valence-electron chi connectivity index (χ2n) is 6.33. The van der Waals surface area contributed by atoms with Crippen molar-refractivity contribution in [2.24, 2.45) is 0 Å². The highest BCUT2D eigenvalue weighted by molar-refractivity contribution is 6.30. The molecule has 0 radical (unpaired) electrons. The van der Waals surface area contributed by atoms with Gasteiger partial charge >= 0.3 is 12.6 Å². The average Bonchev–Trinajstić information content (AvgIpc) is 2.73. The van der Waals surface area contributed by atoms with Crippen LogP contribution >= 0.6 is 23.4 Å². The lowest BCUT2D eigenvalue weighted by molar-refractivity contribution is -0.0494. The maximum Gasteiger partial charge on any atom is 0.387 e. The van der Waals surface area contributed by atoms with Crippen LogP contribution in [0.25, 0.3) is 11.1 Å². The SMILES string of the molecule is O=C(NCl)NCc1ccc(Cc2ccc(OC(F)F)c(-c3cccc(Cl)c3)c2)cn1. The fraction of sp³-hybridized carbons (Fsp3) is 0.143. The number of benzene rings is 2. The molecule has 5 nitrogen and oxygen atoms in total. The zero-order chi connectivity index (χ0) is 21.5. The van der Waals surface area contributed by atoms with E-state index in [4.69, 9.17) is 23.4 Å². The topological polar surface area (TPSA) is 63.2 Å². The van der Waals surface area contributed by atoms with Crippen LogP contribution in [0.4, 0.5) is 13.6 Å². The Morgan fingerprint density at radius 1 is 1.10 bits per heavy atom. The molecule has 30 heavy (non-hydrogen) atoms. The van der Waals surface area contributed by atoms with Gasteiger partial charge in [0.15, 0.2) is 0 Å². The molecular formula is C21H17Cl2F2N3O2. The Hall–Kier alpha value is -2.90. The van der Waals surface area contributed by atoms with Gasteiger partial charge in [-0.2, -0.15) is 8.78 Å². The number of alkyl halides is 2. The van der Waals surface area contributed by atoms with Crippen molar-refractivity contribution in [3.63, 3.8) is 0 Å². The molecule has 2 N–H and O–H groups in total. The maximum atomic E-state index is 12.8. The van der Waals surface area contributed by atoms with E-state index in [0.717, 1.165) is 11.1 Å². The molecule has 0 spiro atoms. The van der Waals surface area contributed by atoms with E-state index in [1.807, 2.05) is 10.9 Å². The molecule has 0 bridgehead atoms. The number of rotatable bonds is 7. The number of hydrogen-bond acceptors (Lipinski definition) is 3. The van der Waals surface area contributed by atoms with E-state index in [2.05, 4.69) is 15.0 Å². The van der Waals surface area contributed by atoms with Crippen LogP contribution < -0.4 is 14.9 Å². The number of halogens is 4. The number of carbonyl (C=O) groups excluding carboxylic acids is 1. The van der Waals surface area contributed by atoms with E-state index in [-0.39, 0.29) is 12.3 Å². The standard InChI is InChI=1S/C21H17Cl2F2N3O2/c22-16-3-1-2-15(10-16)18-9-13(5-7-19(18)30-20(24)25)8-14-4-6-17(26-11-14)12-27-21(29)28-23/h1-7,9-11,20H,8,12H2,(H2,27,28,29). The molecular weight excluding hydrogens is 435 g/mol. The van der Waals surface area contributed by atoms with Crippen LogP contribution in [0.5, 0.6) is 5.75 Å². The molecule has 0 aliphatic heterocycles. The molecule has 1 heterocycles.